The lowest BCUT2D eigenvalue weighted by Gasteiger charge is -2.36. The Balaban J connectivity index is 0.00000156. The summed E-state index contributed by atoms with van der Waals surface area (Å²) in [5, 5.41) is 10.9. The van der Waals surface area contributed by atoms with E-state index in [9.17, 15) is 10.1 Å². The molecule has 0 bridgehead atoms. The van der Waals surface area contributed by atoms with E-state index in [2.05, 4.69) is 15.9 Å². The van der Waals surface area contributed by atoms with Crippen LogP contribution in [-0.2, 0) is 6.54 Å². The largest absolute Gasteiger partial charge is 0.399 e. The Labute approximate surface area is 159 Å². The third kappa shape index (κ3) is 5.49. The second-order valence-electron chi connectivity index (χ2n) is 5.79. The number of hydrogen-bond acceptors (Lipinski definition) is 5. The van der Waals surface area contributed by atoms with Crippen molar-refractivity contribution in [2.75, 3.05) is 36.8 Å². The van der Waals surface area contributed by atoms with Crippen molar-refractivity contribution in [1.82, 2.24) is 4.90 Å². The molecule has 3 rings (SSSR count). The van der Waals surface area contributed by atoms with Gasteiger partial charge in [0.15, 0.2) is 0 Å². The Morgan fingerprint density at radius 3 is 2.32 bits per heavy atom. The Hall–Kier alpha value is -2.02. The first-order valence-electron chi connectivity index (χ1n) is 7.68. The van der Waals surface area contributed by atoms with Crippen LogP contribution in [0.5, 0.6) is 0 Å². The normalized spacial score (nSPS) is 14.3. The molecule has 8 heteroatoms. The number of anilines is 2. The van der Waals surface area contributed by atoms with Crippen LogP contribution in [0.15, 0.2) is 48.5 Å². The van der Waals surface area contributed by atoms with Gasteiger partial charge < -0.3 is 10.6 Å². The maximum absolute atomic E-state index is 10.9. The van der Waals surface area contributed by atoms with Gasteiger partial charge in [-0.1, -0.05) is 18.2 Å². The van der Waals surface area contributed by atoms with Gasteiger partial charge in [-0.2, -0.15) is 0 Å². The summed E-state index contributed by atoms with van der Waals surface area (Å²) in [6, 6.07) is 14.8. The summed E-state index contributed by atoms with van der Waals surface area (Å²) >= 11 is 0. The number of nitro groups is 1. The first-order chi connectivity index (χ1) is 11.1. The molecule has 1 aliphatic rings. The number of hydrogen-bond donors (Lipinski definition) is 1. The number of benzene rings is 2. The van der Waals surface area contributed by atoms with E-state index in [0.717, 1.165) is 44.1 Å². The van der Waals surface area contributed by atoms with Crippen LogP contribution in [0.25, 0.3) is 0 Å². The van der Waals surface area contributed by atoms with Crippen LogP contribution in [0.3, 0.4) is 0 Å². The minimum atomic E-state index is -0.348. The van der Waals surface area contributed by atoms with Gasteiger partial charge in [0.1, 0.15) is 0 Å². The smallest absolute Gasteiger partial charge is 0.271 e. The van der Waals surface area contributed by atoms with Gasteiger partial charge in [0, 0.05) is 56.2 Å². The number of non-ortho nitro benzene ring substituents is 1. The molecule has 1 saturated heterocycles. The fourth-order valence-corrected chi connectivity index (χ4v) is 2.92. The van der Waals surface area contributed by atoms with E-state index in [4.69, 9.17) is 5.73 Å². The summed E-state index contributed by atoms with van der Waals surface area (Å²) in [5.74, 6) is 0. The zero-order valence-electron chi connectivity index (χ0n) is 13.7. The van der Waals surface area contributed by atoms with Gasteiger partial charge >= 0.3 is 0 Å². The van der Waals surface area contributed by atoms with Gasteiger partial charge in [0.05, 0.1) is 4.92 Å². The van der Waals surface area contributed by atoms with Crippen molar-refractivity contribution in [1.29, 1.82) is 0 Å². The number of nitrogens with two attached hydrogens (primary N) is 1. The van der Waals surface area contributed by atoms with Crippen molar-refractivity contribution in [2.24, 2.45) is 0 Å². The maximum atomic E-state index is 10.9. The average molecular weight is 385 g/mol. The summed E-state index contributed by atoms with van der Waals surface area (Å²) in [5.41, 5.74) is 8.89. The third-order valence-electron chi connectivity index (χ3n) is 4.14. The number of nitro benzene ring substituents is 1. The lowest BCUT2D eigenvalue weighted by atomic mass is 10.1. The van der Waals surface area contributed by atoms with Gasteiger partial charge in [0.2, 0.25) is 0 Å². The van der Waals surface area contributed by atoms with Crippen LogP contribution in [-0.4, -0.2) is 36.0 Å². The van der Waals surface area contributed by atoms with Crippen LogP contribution >= 0.6 is 24.8 Å². The first kappa shape index (κ1) is 21.0. The van der Waals surface area contributed by atoms with Crippen molar-refractivity contribution >= 4 is 41.9 Å². The van der Waals surface area contributed by atoms with Gasteiger partial charge in [-0.25, -0.2) is 0 Å². The highest BCUT2D eigenvalue weighted by molar-refractivity contribution is 5.85. The van der Waals surface area contributed by atoms with E-state index >= 15 is 0 Å². The highest BCUT2D eigenvalue weighted by atomic mass is 35.5. The summed E-state index contributed by atoms with van der Waals surface area (Å²) in [6.45, 7) is 4.47. The van der Waals surface area contributed by atoms with Crippen LogP contribution < -0.4 is 10.6 Å². The predicted molar refractivity (Wildman–Crippen MR) is 106 cm³/mol. The predicted octanol–water partition coefficient (Wildman–Crippen LogP) is 3.34. The van der Waals surface area contributed by atoms with E-state index in [0.29, 0.717) is 0 Å². The van der Waals surface area contributed by atoms with Crippen molar-refractivity contribution < 1.29 is 4.92 Å². The zero-order valence-corrected chi connectivity index (χ0v) is 15.3. The lowest BCUT2D eigenvalue weighted by molar-refractivity contribution is -0.384. The van der Waals surface area contributed by atoms with Crippen molar-refractivity contribution in [3.63, 3.8) is 0 Å². The molecule has 0 aromatic heterocycles. The standard InChI is InChI=1S/C17H20N4O2.2ClH/c18-15-4-1-3-14(11-15)13-19-7-9-20(10-8-19)16-5-2-6-17(12-16)21(22)23;;/h1-6,11-12H,7-10,13,18H2;2*1H. The molecular formula is C17H22Cl2N4O2. The average Bonchev–Trinajstić information content (AvgIpc) is 2.56. The fraction of sp³-hybridized carbons (Fsp3) is 0.294. The Bertz CT molecular complexity index is 707. The molecule has 2 N–H and O–H groups in total. The highest BCUT2D eigenvalue weighted by Gasteiger charge is 2.18. The summed E-state index contributed by atoms with van der Waals surface area (Å²) in [6.07, 6.45) is 0. The van der Waals surface area contributed by atoms with Crippen LogP contribution in [0.1, 0.15) is 5.56 Å². The topological polar surface area (TPSA) is 75.6 Å². The van der Waals surface area contributed by atoms with Gasteiger partial charge in [0.25, 0.3) is 5.69 Å². The van der Waals surface area contributed by atoms with Crippen LogP contribution in [0.2, 0.25) is 0 Å². The molecule has 0 saturated carbocycles. The number of rotatable bonds is 4. The molecule has 25 heavy (non-hydrogen) atoms. The van der Waals surface area contributed by atoms with Gasteiger partial charge in [-0.15, -0.1) is 24.8 Å². The summed E-state index contributed by atoms with van der Waals surface area (Å²) in [4.78, 5) is 15.1. The zero-order chi connectivity index (χ0) is 16.2. The second-order valence-corrected chi connectivity index (χ2v) is 5.79. The Morgan fingerprint density at radius 2 is 1.68 bits per heavy atom. The molecule has 1 aliphatic heterocycles. The molecule has 2 aromatic rings. The molecular weight excluding hydrogens is 363 g/mol. The molecule has 1 heterocycles. The molecule has 1 fully saturated rings. The molecule has 0 radical (unpaired) electrons. The first-order valence-corrected chi connectivity index (χ1v) is 7.68. The summed E-state index contributed by atoms with van der Waals surface area (Å²) in [7, 11) is 0. The number of piperazine rings is 1. The highest BCUT2D eigenvalue weighted by Crippen LogP contribution is 2.22. The number of nitrogens with zero attached hydrogens (tertiary/aromatic N) is 3. The molecule has 6 nitrogen and oxygen atoms in total. The molecule has 0 aliphatic carbocycles. The SMILES string of the molecule is Cl.Cl.Nc1cccc(CN2CCN(c3cccc([N+](=O)[O-])c3)CC2)c1. The van der Waals surface area contributed by atoms with E-state index in [-0.39, 0.29) is 35.4 Å². The lowest BCUT2D eigenvalue weighted by Crippen LogP contribution is -2.45. The fourth-order valence-electron chi connectivity index (χ4n) is 2.92. The van der Waals surface area contributed by atoms with Crippen LogP contribution in [0.4, 0.5) is 17.1 Å². The maximum Gasteiger partial charge on any atom is 0.271 e. The monoisotopic (exact) mass is 384 g/mol. The second kappa shape index (κ2) is 9.46. The molecule has 0 unspecified atom stereocenters. The van der Waals surface area contributed by atoms with Gasteiger partial charge in [-0.05, 0) is 23.8 Å². The molecule has 136 valence electrons. The van der Waals surface area contributed by atoms with Crippen LogP contribution in [0, 0.1) is 10.1 Å². The summed E-state index contributed by atoms with van der Waals surface area (Å²) < 4.78 is 0. The minimum Gasteiger partial charge on any atom is -0.399 e. The number of nitrogen functional groups attached to an aromatic ring is 1. The molecule has 0 amide bonds. The Morgan fingerprint density at radius 1 is 1.00 bits per heavy atom. The molecule has 0 atom stereocenters. The van der Waals surface area contributed by atoms with E-state index in [1.54, 1.807) is 12.1 Å². The van der Waals surface area contributed by atoms with E-state index in [1.807, 2.05) is 24.3 Å². The van der Waals surface area contributed by atoms with Crippen molar-refractivity contribution in [3.05, 3.63) is 64.2 Å². The van der Waals surface area contributed by atoms with Gasteiger partial charge in [-0.3, -0.25) is 15.0 Å². The van der Waals surface area contributed by atoms with E-state index < -0.39 is 0 Å². The molecule has 2 aromatic carbocycles. The van der Waals surface area contributed by atoms with Crippen molar-refractivity contribution in [3.8, 4) is 0 Å². The number of halogens is 2. The third-order valence-corrected chi connectivity index (χ3v) is 4.14. The molecule has 0 spiro atoms. The van der Waals surface area contributed by atoms with E-state index in [1.165, 1.54) is 11.6 Å². The Kier molecular flexibility index (Phi) is 7.96. The minimum absolute atomic E-state index is 0. The van der Waals surface area contributed by atoms with Crippen molar-refractivity contribution in [2.45, 2.75) is 6.54 Å². The quantitative estimate of drug-likeness (QED) is 0.496.